The van der Waals surface area contributed by atoms with Gasteiger partial charge in [0.1, 0.15) is 22.8 Å². The number of nitriles is 1. The molecule has 1 saturated heterocycles. The van der Waals surface area contributed by atoms with Crippen LogP contribution in [0.3, 0.4) is 0 Å². The molecule has 0 spiro atoms. The summed E-state index contributed by atoms with van der Waals surface area (Å²) in [6, 6.07) is 6.88. The van der Waals surface area contributed by atoms with Crippen LogP contribution in [-0.4, -0.2) is 48.6 Å². The van der Waals surface area contributed by atoms with E-state index in [1.54, 1.807) is 19.1 Å². The van der Waals surface area contributed by atoms with Gasteiger partial charge in [-0.05, 0) is 24.6 Å². The summed E-state index contributed by atoms with van der Waals surface area (Å²) in [4.78, 5) is 12.9. The zero-order valence-electron chi connectivity index (χ0n) is 16.6. The quantitative estimate of drug-likeness (QED) is 0.333. The van der Waals surface area contributed by atoms with Crippen molar-refractivity contribution in [3.05, 3.63) is 41.6 Å². The Labute approximate surface area is 178 Å². The Hall–Kier alpha value is -2.77. The molecule has 3 rings (SSSR count). The zero-order valence-corrected chi connectivity index (χ0v) is 17.4. The van der Waals surface area contributed by atoms with Crippen molar-refractivity contribution >= 4 is 34.0 Å². The van der Waals surface area contributed by atoms with E-state index in [-0.39, 0.29) is 18.1 Å². The second kappa shape index (κ2) is 9.36. The number of hydrogen-bond acceptors (Lipinski definition) is 7. The number of nitrogens with two attached hydrogens (primary N) is 1. The summed E-state index contributed by atoms with van der Waals surface area (Å²) >= 11 is 1.46. The first-order valence-electron chi connectivity index (χ1n) is 9.37. The second-order valence-corrected chi connectivity index (χ2v) is 8.08. The van der Waals surface area contributed by atoms with Gasteiger partial charge in [0.25, 0.3) is 6.43 Å². The molecule has 1 aromatic rings. The highest BCUT2D eigenvalue weighted by Crippen LogP contribution is 2.28. The Morgan fingerprint density at radius 1 is 1.47 bits per heavy atom. The lowest BCUT2D eigenvalue weighted by Gasteiger charge is -2.38. The lowest BCUT2D eigenvalue weighted by atomic mass is 9.80. The van der Waals surface area contributed by atoms with Gasteiger partial charge in [0, 0.05) is 36.6 Å². The highest BCUT2D eigenvalue weighted by Gasteiger charge is 2.40. The van der Waals surface area contributed by atoms with Crippen molar-refractivity contribution in [3.63, 3.8) is 0 Å². The molecule has 0 saturated carbocycles. The van der Waals surface area contributed by atoms with Crippen LogP contribution >= 0.6 is 11.8 Å². The third-order valence-electron chi connectivity index (χ3n) is 4.96. The lowest BCUT2D eigenvalue weighted by Crippen LogP contribution is -2.55. The molecule has 0 amide bonds. The van der Waals surface area contributed by atoms with E-state index in [2.05, 4.69) is 38.3 Å². The van der Waals surface area contributed by atoms with E-state index in [0.29, 0.717) is 53.1 Å². The van der Waals surface area contributed by atoms with E-state index in [1.165, 1.54) is 17.8 Å². The Bertz CT molecular complexity index is 958. The molecule has 0 atom stereocenters. The second-order valence-electron chi connectivity index (χ2n) is 7.00. The van der Waals surface area contributed by atoms with Crippen LogP contribution in [0.4, 0.5) is 14.5 Å². The van der Waals surface area contributed by atoms with Crippen molar-refractivity contribution in [2.75, 3.05) is 32.1 Å². The summed E-state index contributed by atoms with van der Waals surface area (Å²) in [6.07, 6.45) is -2.57. The minimum Gasteiger partial charge on any atom is -0.387 e. The Morgan fingerprint density at radius 3 is 2.87 bits per heavy atom. The maximum absolute atomic E-state index is 13.1. The molecular formula is C20H23F2N7S. The first-order valence-corrected chi connectivity index (χ1v) is 10.4. The fraction of sp³-hybridized carbons (Fsp3) is 0.400. The predicted molar refractivity (Wildman–Crippen MR) is 118 cm³/mol. The number of aliphatic imine (C=N–C) groups is 3. The minimum atomic E-state index is -2.57. The van der Waals surface area contributed by atoms with Crippen LogP contribution in [0.25, 0.3) is 0 Å². The van der Waals surface area contributed by atoms with Crippen LogP contribution in [-0.2, 0) is 0 Å². The fourth-order valence-electron chi connectivity index (χ4n) is 3.00. The number of halogens is 2. The number of hydrogen-bond donors (Lipinski definition) is 3. The van der Waals surface area contributed by atoms with Gasteiger partial charge in [-0.1, -0.05) is 12.6 Å². The molecule has 4 N–H and O–H groups in total. The van der Waals surface area contributed by atoms with Gasteiger partial charge in [-0.25, -0.2) is 13.8 Å². The van der Waals surface area contributed by atoms with E-state index in [1.807, 2.05) is 0 Å². The maximum atomic E-state index is 13.1. The van der Waals surface area contributed by atoms with Gasteiger partial charge in [0.15, 0.2) is 5.84 Å². The summed E-state index contributed by atoms with van der Waals surface area (Å²) in [5, 5.41) is 16.3. The van der Waals surface area contributed by atoms with Gasteiger partial charge < -0.3 is 16.4 Å². The molecule has 0 bridgehead atoms. The first-order chi connectivity index (χ1) is 14.4. The molecule has 2 aliphatic heterocycles. The van der Waals surface area contributed by atoms with Crippen molar-refractivity contribution in [1.82, 2.24) is 10.6 Å². The molecule has 0 aromatic heterocycles. The van der Waals surface area contributed by atoms with Crippen LogP contribution in [0.2, 0.25) is 0 Å². The predicted octanol–water partition coefficient (Wildman–Crippen LogP) is 2.68. The molecule has 0 unspecified atom stereocenters. The SMILES string of the molecule is C=C(NCCSC1=NCN=C1C(N)=Nc1ccc(C)c(C(F)F)c1)C1(C#N)CNC1. The molecular weight excluding hydrogens is 408 g/mol. The van der Waals surface area contributed by atoms with E-state index in [9.17, 15) is 14.0 Å². The largest absolute Gasteiger partial charge is 0.387 e. The Morgan fingerprint density at radius 2 is 2.23 bits per heavy atom. The van der Waals surface area contributed by atoms with Crippen LogP contribution in [0.1, 0.15) is 17.6 Å². The average Bonchev–Trinajstić information content (AvgIpc) is 3.15. The fourth-order valence-corrected chi connectivity index (χ4v) is 3.85. The molecule has 7 nitrogen and oxygen atoms in total. The molecule has 1 aromatic carbocycles. The van der Waals surface area contributed by atoms with E-state index in [4.69, 9.17) is 5.73 Å². The van der Waals surface area contributed by atoms with Gasteiger partial charge in [-0.3, -0.25) is 9.98 Å². The number of rotatable bonds is 8. The number of benzene rings is 1. The highest BCUT2D eigenvalue weighted by molar-refractivity contribution is 8.16. The standard InChI is InChI=1S/C20H23F2N7S/c1-12-3-4-14(7-15(12)17(21)22)29-18(24)16-19(28-11-27-16)30-6-5-26-13(2)20(8-23)9-25-10-20/h3-4,7,17,25-26H,2,5-6,9-11H2,1H3,(H2,24,29). The van der Waals surface area contributed by atoms with E-state index >= 15 is 0 Å². The normalized spacial score (nSPS) is 17.8. The number of nitrogens with one attached hydrogen (secondary N) is 2. The lowest BCUT2D eigenvalue weighted by molar-refractivity contribution is 0.150. The summed E-state index contributed by atoms with van der Waals surface area (Å²) in [7, 11) is 0. The number of alkyl halides is 2. The Kier molecular flexibility index (Phi) is 6.84. The van der Waals surface area contributed by atoms with Crippen LogP contribution in [0.15, 0.2) is 45.5 Å². The van der Waals surface area contributed by atoms with E-state index < -0.39 is 11.8 Å². The van der Waals surface area contributed by atoms with Crippen LogP contribution in [0.5, 0.6) is 0 Å². The van der Waals surface area contributed by atoms with Gasteiger partial charge in [-0.15, -0.1) is 11.8 Å². The van der Waals surface area contributed by atoms with Crippen molar-refractivity contribution in [1.29, 1.82) is 5.26 Å². The number of amidine groups is 1. The molecule has 158 valence electrons. The monoisotopic (exact) mass is 431 g/mol. The third-order valence-corrected chi connectivity index (χ3v) is 5.96. The molecule has 30 heavy (non-hydrogen) atoms. The van der Waals surface area contributed by atoms with Gasteiger partial charge >= 0.3 is 0 Å². The van der Waals surface area contributed by atoms with Crippen molar-refractivity contribution in [2.45, 2.75) is 13.3 Å². The van der Waals surface area contributed by atoms with Crippen LogP contribution < -0.4 is 16.4 Å². The summed E-state index contributed by atoms with van der Waals surface area (Å²) in [5.41, 5.74) is 7.51. The molecule has 0 radical (unpaired) electrons. The molecule has 10 heteroatoms. The van der Waals surface area contributed by atoms with Crippen molar-refractivity contribution < 1.29 is 8.78 Å². The number of aryl methyl sites for hydroxylation is 1. The minimum absolute atomic E-state index is 0.0659. The first kappa shape index (κ1) is 21.9. The molecule has 2 aliphatic rings. The summed E-state index contributed by atoms with van der Waals surface area (Å²) in [6.45, 7) is 7.67. The summed E-state index contributed by atoms with van der Waals surface area (Å²) < 4.78 is 26.2. The summed E-state index contributed by atoms with van der Waals surface area (Å²) in [5.74, 6) is 0.809. The number of thioether (sulfide) groups is 1. The van der Waals surface area contributed by atoms with Gasteiger partial charge in [-0.2, -0.15) is 5.26 Å². The molecule has 2 heterocycles. The average molecular weight is 432 g/mol. The number of nitrogens with zero attached hydrogens (tertiary/aromatic N) is 4. The highest BCUT2D eigenvalue weighted by atomic mass is 32.2. The van der Waals surface area contributed by atoms with Crippen molar-refractivity contribution in [2.24, 2.45) is 26.1 Å². The third kappa shape index (κ3) is 4.68. The molecule has 1 fully saturated rings. The maximum Gasteiger partial charge on any atom is 0.264 e. The Balaban J connectivity index is 1.56. The smallest absolute Gasteiger partial charge is 0.264 e. The topological polar surface area (TPSA) is 111 Å². The van der Waals surface area contributed by atoms with Crippen LogP contribution in [0, 0.1) is 23.7 Å². The molecule has 0 aliphatic carbocycles. The van der Waals surface area contributed by atoms with Gasteiger partial charge in [0.2, 0.25) is 0 Å². The van der Waals surface area contributed by atoms with Gasteiger partial charge in [0.05, 0.1) is 11.8 Å². The van der Waals surface area contributed by atoms with Crippen molar-refractivity contribution in [3.8, 4) is 6.07 Å². The van der Waals surface area contributed by atoms with E-state index in [0.717, 1.165) is 0 Å². The zero-order chi connectivity index (χ0) is 21.7.